The lowest BCUT2D eigenvalue weighted by Crippen LogP contribution is -2.32. The highest BCUT2D eigenvalue weighted by Gasteiger charge is 2.57. The maximum absolute atomic E-state index is 11.9. The van der Waals surface area contributed by atoms with Gasteiger partial charge in [0.25, 0.3) is 0 Å². The topological polar surface area (TPSA) is 68.3 Å². The molecule has 0 unspecified atom stereocenters. The molecule has 5 nitrogen and oxygen atoms in total. The van der Waals surface area contributed by atoms with Crippen LogP contribution in [-0.2, 0) is 14.3 Å². The molecule has 1 heterocycles. The van der Waals surface area contributed by atoms with Gasteiger partial charge in [0.05, 0.1) is 7.11 Å². The summed E-state index contributed by atoms with van der Waals surface area (Å²) >= 11 is 0. The molecule has 1 aromatic heterocycles. The molecule has 0 aromatic carbocycles. The van der Waals surface area contributed by atoms with Gasteiger partial charge >= 0.3 is 5.97 Å². The van der Waals surface area contributed by atoms with Gasteiger partial charge in [-0.25, -0.2) is 0 Å². The van der Waals surface area contributed by atoms with Gasteiger partial charge in [0.15, 0.2) is 0 Å². The number of rotatable bonds is 3. The lowest BCUT2D eigenvalue weighted by molar-refractivity contribution is -0.150. The number of amides is 1. The second kappa shape index (κ2) is 3.92. The zero-order chi connectivity index (χ0) is 11.6. The molecule has 0 spiro atoms. The highest BCUT2D eigenvalue weighted by atomic mass is 16.5. The van der Waals surface area contributed by atoms with Crippen LogP contribution in [0.2, 0.25) is 0 Å². The van der Waals surface area contributed by atoms with E-state index in [2.05, 4.69) is 15.0 Å². The van der Waals surface area contributed by atoms with Crippen LogP contribution in [0.4, 0.5) is 5.69 Å². The van der Waals surface area contributed by atoms with Crippen LogP contribution >= 0.6 is 0 Å². The Hall–Kier alpha value is -1.91. The lowest BCUT2D eigenvalue weighted by Gasteiger charge is -2.12. The first kappa shape index (κ1) is 10.6. The highest BCUT2D eigenvalue weighted by Crippen LogP contribution is 2.47. The number of hydrogen-bond donors (Lipinski definition) is 1. The third kappa shape index (κ3) is 1.76. The van der Waals surface area contributed by atoms with E-state index < -0.39 is 11.4 Å². The van der Waals surface area contributed by atoms with Crippen molar-refractivity contribution in [3.05, 3.63) is 24.5 Å². The van der Waals surface area contributed by atoms with Crippen LogP contribution < -0.4 is 5.32 Å². The van der Waals surface area contributed by atoms with Gasteiger partial charge in [-0.2, -0.15) is 0 Å². The smallest absolute Gasteiger partial charge is 0.321 e. The van der Waals surface area contributed by atoms with Crippen LogP contribution in [0.15, 0.2) is 24.5 Å². The predicted molar refractivity (Wildman–Crippen MR) is 56.5 cm³/mol. The first-order chi connectivity index (χ1) is 7.69. The van der Waals surface area contributed by atoms with Crippen LogP contribution in [0.5, 0.6) is 0 Å². The fourth-order valence-electron chi connectivity index (χ4n) is 1.53. The second-order valence-electron chi connectivity index (χ2n) is 3.76. The first-order valence-corrected chi connectivity index (χ1v) is 4.99. The van der Waals surface area contributed by atoms with Gasteiger partial charge in [0.1, 0.15) is 5.41 Å². The number of ether oxygens (including phenoxy) is 1. The van der Waals surface area contributed by atoms with Crippen molar-refractivity contribution in [2.45, 2.75) is 12.8 Å². The first-order valence-electron chi connectivity index (χ1n) is 4.99. The normalized spacial score (nSPS) is 16.3. The fraction of sp³-hybridized carbons (Fsp3) is 0.364. The molecule has 0 radical (unpaired) electrons. The molecule has 1 saturated carbocycles. The number of methoxy groups -OCH3 is 1. The van der Waals surface area contributed by atoms with Crippen molar-refractivity contribution < 1.29 is 14.3 Å². The Morgan fingerprint density at radius 1 is 1.38 bits per heavy atom. The van der Waals surface area contributed by atoms with Gasteiger partial charge in [-0.05, 0) is 25.0 Å². The number of pyridine rings is 1. The summed E-state index contributed by atoms with van der Waals surface area (Å²) in [5.41, 5.74) is -0.326. The van der Waals surface area contributed by atoms with Gasteiger partial charge in [0, 0.05) is 18.1 Å². The Kier molecular flexibility index (Phi) is 2.60. The lowest BCUT2D eigenvalue weighted by atomic mass is 10.1. The molecule has 1 N–H and O–H groups in total. The fourth-order valence-corrected chi connectivity index (χ4v) is 1.53. The van der Waals surface area contributed by atoms with E-state index >= 15 is 0 Å². The van der Waals surface area contributed by atoms with E-state index in [0.29, 0.717) is 18.5 Å². The minimum atomic E-state index is -0.960. The van der Waals surface area contributed by atoms with Crippen LogP contribution in [0.3, 0.4) is 0 Å². The molecule has 0 atom stereocenters. The number of esters is 1. The number of carbonyl (C=O) groups is 2. The van der Waals surface area contributed by atoms with Crippen LogP contribution in [0, 0.1) is 5.41 Å². The number of hydrogen-bond acceptors (Lipinski definition) is 4. The summed E-state index contributed by atoms with van der Waals surface area (Å²) in [4.78, 5) is 27.1. The summed E-state index contributed by atoms with van der Waals surface area (Å²) < 4.78 is 4.62. The van der Waals surface area contributed by atoms with Crippen molar-refractivity contribution in [2.75, 3.05) is 12.4 Å². The predicted octanol–water partition coefficient (Wildman–Crippen LogP) is 0.973. The number of nitrogens with zero attached hydrogens (tertiary/aromatic N) is 1. The maximum atomic E-state index is 11.9. The van der Waals surface area contributed by atoms with E-state index in [4.69, 9.17) is 0 Å². The van der Waals surface area contributed by atoms with Crippen molar-refractivity contribution >= 4 is 17.6 Å². The summed E-state index contributed by atoms with van der Waals surface area (Å²) in [6.07, 6.45) is 4.26. The van der Waals surface area contributed by atoms with E-state index in [1.807, 2.05) is 0 Å². The average Bonchev–Trinajstić information content (AvgIpc) is 3.10. The largest absolute Gasteiger partial charge is 0.468 e. The standard InChI is InChI=1S/C11H12N2O3/c1-16-10(15)11(4-5-11)9(14)13-8-2-6-12-7-3-8/h2-3,6-7H,4-5H2,1H3,(H,12,13,14). The minimum absolute atomic E-state index is 0.300. The monoisotopic (exact) mass is 220 g/mol. The summed E-state index contributed by atoms with van der Waals surface area (Å²) in [6, 6.07) is 3.34. The van der Waals surface area contributed by atoms with E-state index in [1.165, 1.54) is 7.11 Å². The summed E-state index contributed by atoms with van der Waals surface area (Å²) in [5.74, 6) is -0.760. The molecule has 1 amide bonds. The molecule has 1 fully saturated rings. The molecule has 0 bridgehead atoms. The molecular formula is C11H12N2O3. The van der Waals surface area contributed by atoms with Gasteiger partial charge in [-0.3, -0.25) is 14.6 Å². The number of nitrogens with one attached hydrogen (secondary N) is 1. The van der Waals surface area contributed by atoms with Crippen molar-refractivity contribution in [3.63, 3.8) is 0 Å². The van der Waals surface area contributed by atoms with Crippen molar-refractivity contribution in [2.24, 2.45) is 5.41 Å². The summed E-state index contributed by atoms with van der Waals surface area (Å²) in [7, 11) is 1.29. The van der Waals surface area contributed by atoms with Crippen molar-refractivity contribution in [3.8, 4) is 0 Å². The molecule has 1 aromatic rings. The average molecular weight is 220 g/mol. The molecule has 16 heavy (non-hydrogen) atoms. The molecule has 84 valence electrons. The van der Waals surface area contributed by atoms with E-state index in [1.54, 1.807) is 24.5 Å². The van der Waals surface area contributed by atoms with Gasteiger partial charge in [-0.1, -0.05) is 0 Å². The SMILES string of the molecule is COC(=O)C1(C(=O)Nc2ccncc2)CC1. The van der Waals surface area contributed by atoms with Gasteiger partial charge in [-0.15, -0.1) is 0 Å². The zero-order valence-corrected chi connectivity index (χ0v) is 8.90. The summed E-state index contributed by atoms with van der Waals surface area (Å²) in [6.45, 7) is 0. The minimum Gasteiger partial charge on any atom is -0.468 e. The number of aromatic nitrogens is 1. The molecular weight excluding hydrogens is 208 g/mol. The van der Waals surface area contributed by atoms with Crippen LogP contribution in [-0.4, -0.2) is 24.0 Å². The molecule has 2 rings (SSSR count). The third-order valence-electron chi connectivity index (χ3n) is 2.70. The molecule has 0 aliphatic heterocycles. The van der Waals surface area contributed by atoms with E-state index in [-0.39, 0.29) is 5.91 Å². The van der Waals surface area contributed by atoms with Crippen LogP contribution in [0.25, 0.3) is 0 Å². The van der Waals surface area contributed by atoms with Gasteiger partial charge in [0.2, 0.25) is 5.91 Å². The molecule has 5 heteroatoms. The Bertz CT molecular complexity index is 412. The Balaban J connectivity index is 2.07. The number of carbonyl (C=O) groups excluding carboxylic acids is 2. The second-order valence-corrected chi connectivity index (χ2v) is 3.76. The molecule has 1 aliphatic carbocycles. The van der Waals surface area contributed by atoms with E-state index in [0.717, 1.165) is 0 Å². The highest BCUT2D eigenvalue weighted by molar-refractivity contribution is 6.11. The third-order valence-corrected chi connectivity index (χ3v) is 2.70. The summed E-state index contributed by atoms with van der Waals surface area (Å²) in [5, 5.41) is 2.68. The van der Waals surface area contributed by atoms with E-state index in [9.17, 15) is 9.59 Å². The Morgan fingerprint density at radius 3 is 2.50 bits per heavy atom. The van der Waals surface area contributed by atoms with Crippen molar-refractivity contribution in [1.29, 1.82) is 0 Å². The maximum Gasteiger partial charge on any atom is 0.321 e. The van der Waals surface area contributed by atoms with Gasteiger partial charge < -0.3 is 10.1 Å². The Morgan fingerprint density at radius 2 is 2.00 bits per heavy atom. The number of anilines is 1. The van der Waals surface area contributed by atoms with Crippen molar-refractivity contribution in [1.82, 2.24) is 4.98 Å². The Labute approximate surface area is 92.8 Å². The quantitative estimate of drug-likeness (QED) is 0.608. The molecule has 1 aliphatic rings. The molecule has 0 saturated heterocycles. The van der Waals surface area contributed by atoms with Crippen LogP contribution in [0.1, 0.15) is 12.8 Å². The zero-order valence-electron chi connectivity index (χ0n) is 8.90.